The van der Waals surface area contributed by atoms with Crippen molar-refractivity contribution < 1.29 is 0 Å². The third-order valence-electron chi connectivity index (χ3n) is 6.17. The molecular weight excluding hydrogens is 316 g/mol. The molecule has 0 aromatic heterocycles. The van der Waals surface area contributed by atoms with Gasteiger partial charge in [-0.05, 0) is 5.92 Å². The predicted molar refractivity (Wildman–Crippen MR) is 122 cm³/mol. The van der Waals surface area contributed by atoms with E-state index < -0.39 is 0 Å². The molecule has 0 saturated heterocycles. The Bertz CT molecular complexity index is 238. The monoisotopic (exact) mass is 368 g/mol. The van der Waals surface area contributed by atoms with Crippen LogP contribution in [0.1, 0.15) is 143 Å². The van der Waals surface area contributed by atoms with Crippen LogP contribution >= 0.6 is 0 Å². The Morgan fingerprint density at radius 2 is 0.760 bits per heavy atom. The molecule has 25 heavy (non-hydrogen) atoms. The van der Waals surface area contributed by atoms with Crippen molar-refractivity contribution in [2.45, 2.75) is 148 Å². The van der Waals surface area contributed by atoms with Crippen LogP contribution in [-0.4, -0.2) is 10.2 Å². The van der Waals surface area contributed by atoms with Gasteiger partial charge in [-0.25, -0.2) is 0 Å². The van der Waals surface area contributed by atoms with Gasteiger partial charge in [0.2, 0.25) is 0 Å². The minimum absolute atomic E-state index is 1.07. The highest BCUT2D eigenvalue weighted by atomic mass is 28.1. The first-order chi connectivity index (χ1) is 12.3. The summed E-state index contributed by atoms with van der Waals surface area (Å²) in [5.41, 5.74) is 1.10. The van der Waals surface area contributed by atoms with Crippen LogP contribution in [0.4, 0.5) is 0 Å². The topological polar surface area (TPSA) is 0 Å². The molecule has 0 saturated carbocycles. The highest BCUT2D eigenvalue weighted by Gasteiger charge is 2.16. The molecule has 0 heterocycles. The fourth-order valence-electron chi connectivity index (χ4n) is 4.22. The molecule has 0 rings (SSSR count). The van der Waals surface area contributed by atoms with Crippen molar-refractivity contribution in [1.29, 1.82) is 0 Å². The zero-order chi connectivity index (χ0) is 18.6. The fraction of sp³-hybridized carbons (Fsp3) is 1.00. The van der Waals surface area contributed by atoms with Crippen LogP contribution < -0.4 is 0 Å². The first-order valence-electron chi connectivity index (χ1n) is 12.3. The molecule has 0 N–H and O–H groups in total. The van der Waals surface area contributed by atoms with Gasteiger partial charge in [-0.2, -0.15) is 0 Å². The number of hydrogen-bond donors (Lipinski definition) is 0. The zero-order valence-electron chi connectivity index (χ0n) is 18.6. The first-order valence-corrected chi connectivity index (χ1v) is 13.4. The van der Waals surface area contributed by atoms with Crippen molar-refractivity contribution in [3.05, 3.63) is 0 Å². The predicted octanol–water partition coefficient (Wildman–Crippen LogP) is 8.23. The van der Waals surface area contributed by atoms with Gasteiger partial charge in [0.1, 0.15) is 0 Å². The van der Waals surface area contributed by atoms with Crippen LogP contribution in [0, 0.1) is 5.92 Å². The molecule has 0 nitrogen and oxygen atoms in total. The summed E-state index contributed by atoms with van der Waals surface area (Å²) in [4.78, 5) is 0. The van der Waals surface area contributed by atoms with Crippen LogP contribution in [0.15, 0.2) is 0 Å². The lowest BCUT2D eigenvalue weighted by atomic mass is 9.88. The second-order valence-corrected chi connectivity index (χ2v) is 10.2. The summed E-state index contributed by atoms with van der Waals surface area (Å²) in [6.07, 6.45) is 28.0. The molecule has 0 fully saturated rings. The second-order valence-electron chi connectivity index (χ2n) is 8.70. The Kier molecular flexibility index (Phi) is 20.7. The lowest BCUT2D eigenvalue weighted by molar-refractivity contribution is 0.366. The maximum absolute atomic E-state index is 2.33. The van der Waals surface area contributed by atoms with Crippen molar-refractivity contribution >= 4 is 10.2 Å². The summed E-state index contributed by atoms with van der Waals surface area (Å²) < 4.78 is 0. The summed E-state index contributed by atoms with van der Waals surface area (Å²) in [5, 5.41) is 0. The van der Waals surface area contributed by atoms with E-state index in [0.717, 1.165) is 11.5 Å². The van der Waals surface area contributed by atoms with Gasteiger partial charge in [-0.1, -0.05) is 148 Å². The third kappa shape index (κ3) is 17.4. The minimum atomic E-state index is 1.07. The Hall–Kier alpha value is 0.217. The number of unbranched alkanes of at least 4 members (excludes halogenated alkanes) is 13. The minimum Gasteiger partial charge on any atom is -0.0654 e. The van der Waals surface area contributed by atoms with Gasteiger partial charge in [-0.15, -0.1) is 0 Å². The van der Waals surface area contributed by atoms with E-state index in [9.17, 15) is 0 Å². The fourth-order valence-corrected chi connectivity index (χ4v) is 5.29. The Morgan fingerprint density at radius 1 is 0.440 bits per heavy atom. The molecule has 0 aliphatic carbocycles. The van der Waals surface area contributed by atoms with Crippen molar-refractivity contribution in [2.75, 3.05) is 0 Å². The highest BCUT2D eigenvalue weighted by Crippen LogP contribution is 2.31. The Balaban J connectivity index is 3.98. The summed E-state index contributed by atoms with van der Waals surface area (Å²) >= 11 is 0. The van der Waals surface area contributed by atoms with Crippen molar-refractivity contribution in [2.24, 2.45) is 5.92 Å². The largest absolute Gasteiger partial charge is 0.0654 e. The first kappa shape index (κ1) is 25.2. The van der Waals surface area contributed by atoms with E-state index >= 15 is 0 Å². The number of rotatable bonds is 20. The number of hydrogen-bond acceptors (Lipinski definition) is 0. The summed E-state index contributed by atoms with van der Waals surface area (Å²) in [6, 6.07) is 0. The molecule has 2 atom stereocenters. The van der Waals surface area contributed by atoms with Crippen LogP contribution in [0.2, 0.25) is 5.54 Å². The van der Waals surface area contributed by atoms with Crippen LogP contribution in [-0.2, 0) is 0 Å². The van der Waals surface area contributed by atoms with E-state index in [4.69, 9.17) is 0 Å². The van der Waals surface area contributed by atoms with E-state index in [0.29, 0.717) is 0 Å². The molecule has 0 aromatic carbocycles. The second kappa shape index (κ2) is 20.5. The van der Waals surface area contributed by atoms with E-state index in [-0.39, 0.29) is 0 Å². The molecule has 0 aromatic rings. The quantitative estimate of drug-likeness (QED) is 0.150. The van der Waals surface area contributed by atoms with Crippen LogP contribution in [0.25, 0.3) is 0 Å². The molecule has 0 radical (unpaired) electrons. The Morgan fingerprint density at radius 3 is 1.16 bits per heavy atom. The summed E-state index contributed by atoms with van der Waals surface area (Å²) in [5.74, 6) is 1.07. The molecule has 2 unspecified atom stereocenters. The maximum atomic E-state index is 2.33. The lowest BCUT2D eigenvalue weighted by Crippen LogP contribution is -2.10. The average Bonchev–Trinajstić information content (AvgIpc) is 2.62. The average molecular weight is 369 g/mol. The summed E-state index contributed by atoms with van der Waals surface area (Å²) in [7, 11) is 1.43. The van der Waals surface area contributed by atoms with Crippen molar-refractivity contribution in [1.82, 2.24) is 0 Å². The standard InChI is InChI=1S/C24H52Si/c1-4-7-10-13-16-18-21-23(20-17-14-11-8-5-2)24(25)22-19-15-12-9-6-3/h23-24H,4-22H2,1-3,25H3. The van der Waals surface area contributed by atoms with Gasteiger partial charge in [0.15, 0.2) is 0 Å². The Labute approximate surface area is 164 Å². The van der Waals surface area contributed by atoms with Crippen molar-refractivity contribution in [3.8, 4) is 0 Å². The third-order valence-corrected chi connectivity index (χ3v) is 7.69. The van der Waals surface area contributed by atoms with Gasteiger partial charge in [-0.3, -0.25) is 0 Å². The molecule has 0 spiro atoms. The van der Waals surface area contributed by atoms with E-state index in [1.54, 1.807) is 19.3 Å². The molecule has 0 bridgehead atoms. The van der Waals surface area contributed by atoms with Gasteiger partial charge in [0.05, 0.1) is 0 Å². The lowest BCUT2D eigenvalue weighted by Gasteiger charge is -2.24. The molecule has 0 amide bonds. The normalized spacial score (nSPS) is 14.0. The summed E-state index contributed by atoms with van der Waals surface area (Å²) in [6.45, 7) is 6.97. The van der Waals surface area contributed by atoms with Crippen LogP contribution in [0.5, 0.6) is 0 Å². The smallest absolute Gasteiger partial charge is 0.00708 e. The van der Waals surface area contributed by atoms with Gasteiger partial charge in [0.25, 0.3) is 0 Å². The molecular formula is C24H52Si. The van der Waals surface area contributed by atoms with E-state index in [1.807, 2.05) is 0 Å². The molecule has 0 aliphatic rings. The van der Waals surface area contributed by atoms with E-state index in [1.165, 1.54) is 113 Å². The van der Waals surface area contributed by atoms with Crippen LogP contribution in [0.3, 0.4) is 0 Å². The molecule has 0 aliphatic heterocycles. The molecule has 152 valence electrons. The molecule has 1 heteroatoms. The van der Waals surface area contributed by atoms with Gasteiger partial charge in [0, 0.05) is 10.2 Å². The zero-order valence-corrected chi connectivity index (χ0v) is 20.6. The van der Waals surface area contributed by atoms with E-state index in [2.05, 4.69) is 20.8 Å². The van der Waals surface area contributed by atoms with Gasteiger partial charge < -0.3 is 0 Å². The SMILES string of the molecule is CCCCCCCCC(CCCCCCC)C([SiH3])CCCCCCC. The van der Waals surface area contributed by atoms with Crippen molar-refractivity contribution in [3.63, 3.8) is 0 Å². The highest BCUT2D eigenvalue weighted by molar-refractivity contribution is 6.11. The van der Waals surface area contributed by atoms with Gasteiger partial charge >= 0.3 is 0 Å². The maximum Gasteiger partial charge on any atom is 0.00708 e.